The van der Waals surface area contributed by atoms with Gasteiger partial charge in [-0.2, -0.15) is 9.97 Å². The van der Waals surface area contributed by atoms with Crippen molar-refractivity contribution in [2.75, 3.05) is 50.9 Å². The summed E-state index contributed by atoms with van der Waals surface area (Å²) in [6.07, 6.45) is 4.16. The lowest BCUT2D eigenvalue weighted by molar-refractivity contribution is 0.107. The van der Waals surface area contributed by atoms with Gasteiger partial charge in [-0.3, -0.25) is 15.2 Å². The molecule has 12 heteroatoms. The molecule has 0 radical (unpaired) electrons. The van der Waals surface area contributed by atoms with Crippen molar-refractivity contribution in [2.24, 2.45) is 0 Å². The van der Waals surface area contributed by atoms with E-state index in [1.807, 2.05) is 41.3 Å². The van der Waals surface area contributed by atoms with Gasteiger partial charge in [0, 0.05) is 31.1 Å². The summed E-state index contributed by atoms with van der Waals surface area (Å²) in [6.45, 7) is 2.42. The van der Waals surface area contributed by atoms with E-state index in [2.05, 4.69) is 20.2 Å². The van der Waals surface area contributed by atoms with Crippen molar-refractivity contribution >= 4 is 33.6 Å². The predicted molar refractivity (Wildman–Crippen MR) is 163 cm³/mol. The lowest BCUT2D eigenvalue weighted by Gasteiger charge is -2.31. The third kappa shape index (κ3) is 4.97. The Balaban J connectivity index is 1.30. The first-order chi connectivity index (χ1) is 22.0. The van der Waals surface area contributed by atoms with Crippen LogP contribution in [0.25, 0.3) is 32.9 Å². The standard InChI is InChI=1S/C33H32F2N6O4/c34-22-14-33(9-3-10-41(33)16-22)19-45-31-38-29-25-15-36-28(27(29)35)24-7-2-6-20-4-1-5-21(26(20)24)8-12-44-32(42)37-23-17-40(30(25)39-31)11-13-43-18-23/h1-2,4-7,15,18,22H,3,8-14,16-17,19H2,(H,37,42)/t22-,33+/m1/s1. The van der Waals surface area contributed by atoms with Crippen molar-refractivity contribution in [3.8, 4) is 17.3 Å². The van der Waals surface area contributed by atoms with Gasteiger partial charge >= 0.3 is 12.1 Å². The van der Waals surface area contributed by atoms with Crippen molar-refractivity contribution in [2.45, 2.75) is 37.4 Å². The summed E-state index contributed by atoms with van der Waals surface area (Å²) < 4.78 is 48.7. The van der Waals surface area contributed by atoms with E-state index < -0.39 is 23.6 Å². The highest BCUT2D eigenvalue weighted by Gasteiger charge is 2.49. The number of alkyl carbamates (subject to hydrolysis) is 1. The Morgan fingerprint density at radius 2 is 2.02 bits per heavy atom. The highest BCUT2D eigenvalue weighted by molar-refractivity contribution is 6.00. The molecular weight excluding hydrogens is 582 g/mol. The molecule has 1 amide bonds. The number of alkyl halides is 1. The van der Waals surface area contributed by atoms with Crippen LogP contribution in [0.1, 0.15) is 24.8 Å². The van der Waals surface area contributed by atoms with Gasteiger partial charge in [0.2, 0.25) is 0 Å². The first-order valence-corrected chi connectivity index (χ1v) is 15.4. The molecule has 6 bridgehead atoms. The van der Waals surface area contributed by atoms with E-state index in [-0.39, 0.29) is 37.0 Å². The summed E-state index contributed by atoms with van der Waals surface area (Å²) in [5.41, 5.74) is 1.75. The first-order valence-electron chi connectivity index (χ1n) is 15.4. The fraction of sp³-hybridized carbons (Fsp3) is 0.394. The van der Waals surface area contributed by atoms with Gasteiger partial charge in [0.1, 0.15) is 42.7 Å². The number of pyridine rings is 1. The number of ether oxygens (including phenoxy) is 3. The number of nitrogens with zero attached hydrogens (tertiary/aromatic N) is 5. The van der Waals surface area contributed by atoms with Crippen molar-refractivity contribution in [3.05, 3.63) is 65.9 Å². The van der Waals surface area contributed by atoms with Crippen molar-refractivity contribution < 1.29 is 27.8 Å². The molecule has 0 unspecified atom stereocenters. The van der Waals surface area contributed by atoms with Gasteiger partial charge in [0.25, 0.3) is 0 Å². The Bertz CT molecular complexity index is 1850. The molecule has 2 atom stereocenters. The second kappa shape index (κ2) is 11.1. The number of anilines is 1. The second-order valence-electron chi connectivity index (χ2n) is 12.1. The van der Waals surface area contributed by atoms with Crippen LogP contribution in [-0.4, -0.2) is 83.7 Å². The molecule has 2 fully saturated rings. The quantitative estimate of drug-likeness (QED) is 0.345. The van der Waals surface area contributed by atoms with Gasteiger partial charge in [-0.15, -0.1) is 0 Å². The van der Waals surface area contributed by atoms with E-state index in [0.717, 1.165) is 35.7 Å². The van der Waals surface area contributed by atoms with Crippen molar-refractivity contribution in [1.82, 2.24) is 25.2 Å². The summed E-state index contributed by atoms with van der Waals surface area (Å²) in [4.78, 5) is 30.8. The number of benzene rings is 2. The fourth-order valence-electron chi connectivity index (χ4n) is 7.30. The van der Waals surface area contributed by atoms with Crippen LogP contribution < -0.4 is 15.0 Å². The average molecular weight is 615 g/mol. The zero-order valence-electron chi connectivity index (χ0n) is 24.6. The highest BCUT2D eigenvalue weighted by atomic mass is 19.1. The van der Waals surface area contributed by atoms with E-state index in [0.29, 0.717) is 55.0 Å². The molecule has 0 spiro atoms. The smallest absolute Gasteiger partial charge is 0.411 e. The number of hydrogen-bond acceptors (Lipinski definition) is 9. The molecule has 232 valence electrons. The number of nitrogens with one attached hydrogen (secondary N) is 1. The molecule has 0 aliphatic carbocycles. The Morgan fingerprint density at radius 1 is 1.13 bits per heavy atom. The molecule has 45 heavy (non-hydrogen) atoms. The Hall–Kier alpha value is -4.58. The average Bonchev–Trinajstić information content (AvgIpc) is 3.46. The van der Waals surface area contributed by atoms with Gasteiger partial charge < -0.3 is 19.1 Å². The number of halogens is 2. The SMILES string of the molecule is O=C1NC2=COCCN(C2)c2nc(OC[C@@]34CCCN3C[C@H](F)C4)nc3c(F)c(ncc23)-c2cccc3cccc(c23)CCO1. The van der Waals surface area contributed by atoms with Crippen LogP contribution in [0.4, 0.5) is 19.4 Å². The number of carbonyl (C=O) groups excluding carboxylic acids is 1. The van der Waals surface area contributed by atoms with Crippen LogP contribution >= 0.6 is 0 Å². The van der Waals surface area contributed by atoms with E-state index in [1.54, 1.807) is 6.20 Å². The van der Waals surface area contributed by atoms with Crippen LogP contribution in [0.15, 0.2) is 54.6 Å². The Morgan fingerprint density at radius 3 is 2.93 bits per heavy atom. The van der Waals surface area contributed by atoms with Crippen molar-refractivity contribution in [1.29, 1.82) is 0 Å². The van der Waals surface area contributed by atoms with Gasteiger partial charge in [-0.25, -0.2) is 13.6 Å². The maximum absolute atomic E-state index is 16.8. The Labute approximate surface area is 258 Å². The summed E-state index contributed by atoms with van der Waals surface area (Å²) in [5, 5.41) is 4.91. The van der Waals surface area contributed by atoms with Crippen LogP contribution in [-0.2, 0) is 15.9 Å². The lowest BCUT2D eigenvalue weighted by atomic mass is 9.95. The maximum atomic E-state index is 16.8. The number of fused-ring (bicyclic) bond motifs is 6. The normalized spacial score (nSPS) is 23.4. The molecule has 2 aromatic carbocycles. The molecular formula is C33H32F2N6O4. The molecule has 4 aromatic rings. The molecule has 7 heterocycles. The zero-order valence-corrected chi connectivity index (χ0v) is 24.6. The zero-order chi connectivity index (χ0) is 30.5. The minimum Gasteiger partial charge on any atom is -0.497 e. The summed E-state index contributed by atoms with van der Waals surface area (Å²) in [7, 11) is 0. The molecule has 2 saturated heterocycles. The van der Waals surface area contributed by atoms with E-state index in [1.165, 1.54) is 6.26 Å². The van der Waals surface area contributed by atoms with E-state index in [9.17, 15) is 9.18 Å². The molecule has 1 N–H and O–H groups in total. The number of aromatic nitrogens is 3. The lowest BCUT2D eigenvalue weighted by Crippen LogP contribution is -2.43. The van der Waals surface area contributed by atoms with Crippen LogP contribution in [0, 0.1) is 5.82 Å². The minimum atomic E-state index is -0.910. The van der Waals surface area contributed by atoms with Gasteiger partial charge in [0.05, 0.1) is 36.3 Å². The van der Waals surface area contributed by atoms with Crippen LogP contribution in [0.2, 0.25) is 0 Å². The van der Waals surface area contributed by atoms with Crippen LogP contribution in [0.5, 0.6) is 6.01 Å². The topological polar surface area (TPSA) is 102 Å². The molecule has 0 saturated carbocycles. The summed E-state index contributed by atoms with van der Waals surface area (Å²) in [5.74, 6) is -0.201. The largest absolute Gasteiger partial charge is 0.497 e. The molecule has 2 aromatic heterocycles. The predicted octanol–water partition coefficient (Wildman–Crippen LogP) is 4.90. The number of hydrogen-bond donors (Lipinski definition) is 1. The molecule has 5 aliphatic heterocycles. The van der Waals surface area contributed by atoms with Gasteiger partial charge in [-0.1, -0.05) is 36.4 Å². The number of rotatable bonds is 3. The summed E-state index contributed by atoms with van der Waals surface area (Å²) in [6, 6.07) is 11.5. The molecule has 5 aliphatic rings. The second-order valence-corrected chi connectivity index (χ2v) is 12.1. The van der Waals surface area contributed by atoms with Gasteiger partial charge in [0.15, 0.2) is 5.82 Å². The van der Waals surface area contributed by atoms with Crippen LogP contribution in [0.3, 0.4) is 0 Å². The fourth-order valence-corrected chi connectivity index (χ4v) is 7.30. The monoisotopic (exact) mass is 614 g/mol. The first kappa shape index (κ1) is 27.9. The van der Waals surface area contributed by atoms with E-state index >= 15 is 4.39 Å². The van der Waals surface area contributed by atoms with E-state index in [4.69, 9.17) is 19.2 Å². The Kier molecular flexibility index (Phi) is 6.89. The highest BCUT2D eigenvalue weighted by Crippen LogP contribution is 2.41. The number of amides is 1. The molecule has 10 nitrogen and oxygen atoms in total. The third-order valence-electron chi connectivity index (χ3n) is 9.35. The minimum absolute atomic E-state index is 0.000118. The number of carbonyl (C=O) groups is 1. The summed E-state index contributed by atoms with van der Waals surface area (Å²) >= 11 is 0. The van der Waals surface area contributed by atoms with Gasteiger partial charge in [-0.05, 0) is 35.7 Å². The van der Waals surface area contributed by atoms with Crippen molar-refractivity contribution in [3.63, 3.8) is 0 Å². The maximum Gasteiger partial charge on any atom is 0.411 e. The molecule has 9 rings (SSSR count). The third-order valence-corrected chi connectivity index (χ3v) is 9.35.